The Morgan fingerprint density at radius 1 is 1.14 bits per heavy atom. The summed E-state index contributed by atoms with van der Waals surface area (Å²) >= 11 is 3.34. The standard InChI is InChI=1S/C18H26BrNO/c1-2-3-4-5-6-7-13-17(21)14-9-8-11-16-12-10-15-18(19)20-16/h8-12,14-15,17,21H,2-7,13H2,1H3. The van der Waals surface area contributed by atoms with Gasteiger partial charge in [-0.25, -0.2) is 4.98 Å². The SMILES string of the molecule is CCCCCCCCC(O)C=CC=Cc1cccc(Br)n1. The molecule has 1 aromatic rings. The van der Waals surface area contributed by atoms with Crippen molar-refractivity contribution in [1.29, 1.82) is 0 Å². The van der Waals surface area contributed by atoms with Gasteiger partial charge in [0.05, 0.1) is 11.8 Å². The number of rotatable bonds is 10. The van der Waals surface area contributed by atoms with Crippen LogP contribution in [-0.4, -0.2) is 16.2 Å². The lowest BCUT2D eigenvalue weighted by Crippen LogP contribution is -2.01. The summed E-state index contributed by atoms with van der Waals surface area (Å²) in [6, 6.07) is 5.80. The smallest absolute Gasteiger partial charge is 0.106 e. The highest BCUT2D eigenvalue weighted by molar-refractivity contribution is 9.10. The van der Waals surface area contributed by atoms with Crippen molar-refractivity contribution in [3.8, 4) is 0 Å². The van der Waals surface area contributed by atoms with E-state index in [1.807, 2.05) is 42.5 Å². The molecular formula is C18H26BrNO. The van der Waals surface area contributed by atoms with E-state index < -0.39 is 0 Å². The van der Waals surface area contributed by atoms with Crippen LogP contribution in [0.15, 0.2) is 41.0 Å². The lowest BCUT2D eigenvalue weighted by atomic mass is 10.1. The summed E-state index contributed by atoms with van der Waals surface area (Å²) in [6.45, 7) is 2.23. The molecule has 0 fully saturated rings. The first-order valence-electron chi connectivity index (χ1n) is 7.88. The summed E-state index contributed by atoms with van der Waals surface area (Å²) < 4.78 is 0.830. The van der Waals surface area contributed by atoms with Gasteiger partial charge in [-0.05, 0) is 40.6 Å². The normalized spacial score (nSPS) is 13.3. The fourth-order valence-electron chi connectivity index (χ4n) is 2.09. The third-order valence-corrected chi connectivity index (χ3v) is 3.74. The Morgan fingerprint density at radius 2 is 1.90 bits per heavy atom. The van der Waals surface area contributed by atoms with Gasteiger partial charge in [-0.2, -0.15) is 0 Å². The van der Waals surface area contributed by atoms with E-state index in [2.05, 4.69) is 27.8 Å². The van der Waals surface area contributed by atoms with E-state index in [4.69, 9.17) is 0 Å². The van der Waals surface area contributed by atoms with Crippen LogP contribution in [0.4, 0.5) is 0 Å². The van der Waals surface area contributed by atoms with E-state index in [1.54, 1.807) is 0 Å². The van der Waals surface area contributed by atoms with Gasteiger partial charge < -0.3 is 5.11 Å². The molecule has 116 valence electrons. The van der Waals surface area contributed by atoms with Crippen molar-refractivity contribution in [3.63, 3.8) is 0 Å². The van der Waals surface area contributed by atoms with Crippen LogP contribution in [-0.2, 0) is 0 Å². The molecule has 0 radical (unpaired) electrons. The van der Waals surface area contributed by atoms with Crippen molar-refractivity contribution in [2.45, 2.75) is 58.0 Å². The Labute approximate surface area is 137 Å². The lowest BCUT2D eigenvalue weighted by molar-refractivity contribution is 0.208. The van der Waals surface area contributed by atoms with Gasteiger partial charge in [0.1, 0.15) is 4.60 Å². The minimum Gasteiger partial charge on any atom is -0.389 e. The number of hydrogen-bond donors (Lipinski definition) is 1. The summed E-state index contributed by atoms with van der Waals surface area (Å²) in [4.78, 5) is 4.31. The monoisotopic (exact) mass is 351 g/mol. The lowest BCUT2D eigenvalue weighted by Gasteiger charge is -2.04. The van der Waals surface area contributed by atoms with Crippen LogP contribution in [0.3, 0.4) is 0 Å². The molecule has 0 aromatic carbocycles. The first-order chi connectivity index (χ1) is 10.2. The maximum atomic E-state index is 9.85. The highest BCUT2D eigenvalue weighted by Gasteiger charge is 1.98. The molecule has 0 saturated carbocycles. The Balaban J connectivity index is 2.17. The van der Waals surface area contributed by atoms with Gasteiger partial charge >= 0.3 is 0 Å². The third-order valence-electron chi connectivity index (χ3n) is 3.30. The van der Waals surface area contributed by atoms with Gasteiger partial charge in [0.2, 0.25) is 0 Å². The minimum absolute atomic E-state index is 0.337. The minimum atomic E-state index is -0.337. The Bertz CT molecular complexity index is 443. The quantitative estimate of drug-likeness (QED) is 0.341. The highest BCUT2D eigenvalue weighted by atomic mass is 79.9. The summed E-state index contributed by atoms with van der Waals surface area (Å²) in [5, 5.41) is 9.85. The van der Waals surface area contributed by atoms with Crippen molar-refractivity contribution in [3.05, 3.63) is 46.7 Å². The van der Waals surface area contributed by atoms with Crippen molar-refractivity contribution in [2.24, 2.45) is 0 Å². The molecule has 1 aromatic heterocycles. The second-order valence-corrected chi connectivity index (χ2v) is 6.07. The van der Waals surface area contributed by atoms with Gasteiger partial charge in [-0.15, -0.1) is 0 Å². The number of aromatic nitrogens is 1. The van der Waals surface area contributed by atoms with Gasteiger partial charge in [-0.1, -0.05) is 69.7 Å². The van der Waals surface area contributed by atoms with Crippen LogP contribution >= 0.6 is 15.9 Å². The van der Waals surface area contributed by atoms with E-state index in [1.165, 1.54) is 32.1 Å². The first kappa shape index (κ1) is 18.1. The molecule has 0 amide bonds. The first-order valence-corrected chi connectivity index (χ1v) is 8.67. The number of aliphatic hydroxyl groups excluding tert-OH is 1. The Morgan fingerprint density at radius 3 is 2.67 bits per heavy atom. The van der Waals surface area contributed by atoms with Gasteiger partial charge in [0.25, 0.3) is 0 Å². The predicted molar refractivity (Wildman–Crippen MR) is 94.1 cm³/mol. The molecule has 1 atom stereocenters. The number of unbranched alkanes of at least 4 members (excludes halogenated alkanes) is 5. The average Bonchev–Trinajstić information content (AvgIpc) is 2.47. The topological polar surface area (TPSA) is 33.1 Å². The molecular weight excluding hydrogens is 326 g/mol. The zero-order valence-electron chi connectivity index (χ0n) is 12.8. The third kappa shape index (κ3) is 9.59. The second kappa shape index (κ2) is 11.7. The van der Waals surface area contributed by atoms with Crippen molar-refractivity contribution >= 4 is 22.0 Å². The molecule has 0 aliphatic rings. The van der Waals surface area contributed by atoms with E-state index >= 15 is 0 Å². The van der Waals surface area contributed by atoms with E-state index in [0.717, 1.165) is 23.1 Å². The summed E-state index contributed by atoms with van der Waals surface area (Å²) in [5.74, 6) is 0. The van der Waals surface area contributed by atoms with Crippen molar-refractivity contribution in [2.75, 3.05) is 0 Å². The van der Waals surface area contributed by atoms with E-state index in [-0.39, 0.29) is 6.10 Å². The van der Waals surface area contributed by atoms with Crippen LogP contribution in [0.2, 0.25) is 0 Å². The summed E-state index contributed by atoms with van der Waals surface area (Å²) in [7, 11) is 0. The number of hydrogen-bond acceptors (Lipinski definition) is 2. The molecule has 2 nitrogen and oxygen atoms in total. The largest absolute Gasteiger partial charge is 0.389 e. The molecule has 21 heavy (non-hydrogen) atoms. The maximum absolute atomic E-state index is 9.85. The van der Waals surface area contributed by atoms with E-state index in [9.17, 15) is 5.11 Å². The zero-order valence-corrected chi connectivity index (χ0v) is 14.4. The fourth-order valence-corrected chi connectivity index (χ4v) is 2.45. The fraction of sp³-hybridized carbons (Fsp3) is 0.500. The molecule has 0 bridgehead atoms. The Hall–Kier alpha value is -0.930. The molecule has 0 saturated heterocycles. The second-order valence-electron chi connectivity index (χ2n) is 5.25. The van der Waals surface area contributed by atoms with Gasteiger partial charge in [0, 0.05) is 0 Å². The molecule has 0 aliphatic carbocycles. The number of pyridine rings is 1. The number of allylic oxidation sites excluding steroid dienone is 2. The number of halogens is 1. The highest BCUT2D eigenvalue weighted by Crippen LogP contribution is 2.10. The average molecular weight is 352 g/mol. The zero-order chi connectivity index (χ0) is 15.3. The number of aliphatic hydroxyl groups is 1. The maximum Gasteiger partial charge on any atom is 0.106 e. The molecule has 1 rings (SSSR count). The molecule has 0 aliphatic heterocycles. The molecule has 3 heteroatoms. The van der Waals surface area contributed by atoms with Crippen LogP contribution in [0.1, 0.15) is 57.6 Å². The van der Waals surface area contributed by atoms with Crippen molar-refractivity contribution < 1.29 is 5.11 Å². The van der Waals surface area contributed by atoms with Crippen molar-refractivity contribution in [1.82, 2.24) is 4.98 Å². The van der Waals surface area contributed by atoms with Crippen LogP contribution in [0, 0.1) is 0 Å². The Kier molecular flexibility index (Phi) is 10.1. The van der Waals surface area contributed by atoms with E-state index in [0.29, 0.717) is 0 Å². The predicted octanol–water partition coefficient (Wildman–Crippen LogP) is 5.53. The molecule has 0 spiro atoms. The summed E-state index contributed by atoms with van der Waals surface area (Å²) in [6.07, 6.45) is 15.7. The van der Waals surface area contributed by atoms with Crippen LogP contribution in [0.5, 0.6) is 0 Å². The van der Waals surface area contributed by atoms with Crippen LogP contribution < -0.4 is 0 Å². The van der Waals surface area contributed by atoms with Gasteiger partial charge in [-0.3, -0.25) is 0 Å². The molecule has 1 heterocycles. The molecule has 1 unspecified atom stereocenters. The van der Waals surface area contributed by atoms with Gasteiger partial charge in [0.15, 0.2) is 0 Å². The van der Waals surface area contributed by atoms with Crippen LogP contribution in [0.25, 0.3) is 6.08 Å². The summed E-state index contributed by atoms with van der Waals surface area (Å²) in [5.41, 5.74) is 0.902. The number of nitrogens with zero attached hydrogens (tertiary/aromatic N) is 1. The molecule has 1 N–H and O–H groups in total.